The lowest BCUT2D eigenvalue weighted by Crippen LogP contribution is -2.53. The van der Waals surface area contributed by atoms with Crippen molar-refractivity contribution in [2.75, 3.05) is 26.2 Å². The number of rotatable bonds is 4. The molecule has 1 aliphatic heterocycles. The van der Waals surface area contributed by atoms with Crippen molar-refractivity contribution in [1.82, 2.24) is 9.80 Å². The maximum absolute atomic E-state index is 12.5. The van der Waals surface area contributed by atoms with Gasteiger partial charge in [0.25, 0.3) is 5.91 Å². The Labute approximate surface area is 131 Å². The van der Waals surface area contributed by atoms with E-state index in [2.05, 4.69) is 0 Å². The summed E-state index contributed by atoms with van der Waals surface area (Å²) >= 11 is 1.43. The predicted octanol–water partition coefficient (Wildman–Crippen LogP) is 2.12. The first-order valence-electron chi connectivity index (χ1n) is 7.33. The van der Waals surface area contributed by atoms with Gasteiger partial charge in [0.2, 0.25) is 0 Å². The van der Waals surface area contributed by atoms with Gasteiger partial charge in [-0.15, -0.1) is 11.3 Å². The van der Waals surface area contributed by atoms with Gasteiger partial charge in [-0.2, -0.15) is 0 Å². The fourth-order valence-corrected chi connectivity index (χ4v) is 3.80. The first kappa shape index (κ1) is 15.1. The second kappa shape index (κ2) is 6.10. The molecule has 0 radical (unpaired) electrons. The van der Waals surface area contributed by atoms with E-state index in [1.54, 1.807) is 17.2 Å². The van der Waals surface area contributed by atoms with Crippen LogP contribution in [0.25, 0.3) is 10.3 Å². The minimum absolute atomic E-state index is 0.000534. The summed E-state index contributed by atoms with van der Waals surface area (Å²) < 4.78 is 6.26. The van der Waals surface area contributed by atoms with Crippen molar-refractivity contribution in [1.29, 1.82) is 0 Å². The molecular weight excluding hydrogens is 304 g/mol. The smallest absolute Gasteiger partial charge is 0.320 e. The number of carbonyl (C=O) groups is 2. The number of carbonyl (C=O) groups excluding carboxylic acids is 1. The maximum Gasteiger partial charge on any atom is 0.320 e. The van der Waals surface area contributed by atoms with E-state index in [0.717, 1.165) is 10.3 Å². The lowest BCUT2D eigenvalue weighted by Gasteiger charge is -2.37. The molecule has 22 heavy (non-hydrogen) atoms. The van der Waals surface area contributed by atoms with Crippen LogP contribution in [0.4, 0.5) is 0 Å². The zero-order chi connectivity index (χ0) is 15.7. The average Bonchev–Trinajstić information content (AvgIpc) is 3.09. The molecular formula is C15H18N2O4S. The number of piperazine rings is 1. The molecule has 118 valence electrons. The second-order valence-electron chi connectivity index (χ2n) is 5.35. The van der Waals surface area contributed by atoms with Crippen LogP contribution in [0, 0.1) is 0 Å². The third-order valence-electron chi connectivity index (χ3n) is 4.06. The van der Waals surface area contributed by atoms with Gasteiger partial charge in [0.05, 0.1) is 15.8 Å². The fraction of sp³-hybridized carbons (Fsp3) is 0.467. The van der Waals surface area contributed by atoms with E-state index in [0.29, 0.717) is 37.5 Å². The van der Waals surface area contributed by atoms with Crippen LogP contribution in [0.5, 0.6) is 0 Å². The number of hydrogen-bond acceptors (Lipinski definition) is 5. The lowest BCUT2D eigenvalue weighted by molar-refractivity contribution is -0.144. The Morgan fingerprint density at radius 3 is 2.68 bits per heavy atom. The molecule has 0 spiro atoms. The van der Waals surface area contributed by atoms with Crippen LogP contribution in [0.15, 0.2) is 22.8 Å². The molecule has 6 nitrogen and oxygen atoms in total. The largest absolute Gasteiger partial charge is 0.480 e. The number of aliphatic carboxylic acids is 1. The molecule has 0 bridgehead atoms. The summed E-state index contributed by atoms with van der Waals surface area (Å²) in [5.74, 6) is -0.791. The first-order valence-corrected chi connectivity index (χ1v) is 8.15. The Morgan fingerprint density at radius 2 is 2.09 bits per heavy atom. The van der Waals surface area contributed by atoms with E-state index in [4.69, 9.17) is 4.42 Å². The minimum Gasteiger partial charge on any atom is -0.480 e. The van der Waals surface area contributed by atoms with Crippen molar-refractivity contribution in [3.8, 4) is 0 Å². The summed E-state index contributed by atoms with van der Waals surface area (Å²) in [6.07, 6.45) is 2.19. The Balaban J connectivity index is 1.64. The highest BCUT2D eigenvalue weighted by atomic mass is 32.1. The van der Waals surface area contributed by atoms with E-state index in [1.807, 2.05) is 17.9 Å². The Morgan fingerprint density at radius 1 is 1.36 bits per heavy atom. The summed E-state index contributed by atoms with van der Waals surface area (Å²) in [5.41, 5.74) is 0.740. The van der Waals surface area contributed by atoms with Crippen LogP contribution < -0.4 is 0 Å². The monoisotopic (exact) mass is 322 g/mol. The van der Waals surface area contributed by atoms with E-state index >= 15 is 0 Å². The molecule has 3 rings (SSSR count). The van der Waals surface area contributed by atoms with E-state index in [9.17, 15) is 14.7 Å². The van der Waals surface area contributed by atoms with Crippen LogP contribution in [0.2, 0.25) is 0 Å². The standard InChI is InChI=1S/C15H18N2O4S/c1-2-10(15(19)20)16-4-6-17(7-5-16)14(18)13-9-11-12(22-13)3-8-21-11/h3,8-10H,2,4-7H2,1H3,(H,19,20). The van der Waals surface area contributed by atoms with Gasteiger partial charge in [0.1, 0.15) is 11.6 Å². The van der Waals surface area contributed by atoms with Crippen molar-refractivity contribution in [3.63, 3.8) is 0 Å². The third kappa shape index (κ3) is 2.74. The molecule has 1 saturated heterocycles. The van der Waals surface area contributed by atoms with Crippen LogP contribution in [-0.2, 0) is 4.79 Å². The molecule has 1 atom stereocenters. The number of thiophene rings is 1. The normalized spacial score (nSPS) is 17.8. The summed E-state index contributed by atoms with van der Waals surface area (Å²) in [6.45, 7) is 4.18. The minimum atomic E-state index is -0.791. The van der Waals surface area contributed by atoms with Gasteiger partial charge in [-0.1, -0.05) is 6.92 Å². The van der Waals surface area contributed by atoms with Crippen LogP contribution in [0.3, 0.4) is 0 Å². The zero-order valence-corrected chi connectivity index (χ0v) is 13.1. The van der Waals surface area contributed by atoms with Crippen LogP contribution >= 0.6 is 11.3 Å². The molecule has 0 aliphatic carbocycles. The van der Waals surface area contributed by atoms with Gasteiger partial charge in [-0.3, -0.25) is 14.5 Å². The van der Waals surface area contributed by atoms with Crippen molar-refractivity contribution < 1.29 is 19.1 Å². The van der Waals surface area contributed by atoms with Gasteiger partial charge in [0, 0.05) is 32.2 Å². The zero-order valence-electron chi connectivity index (χ0n) is 12.3. The molecule has 2 aromatic rings. The molecule has 1 fully saturated rings. The first-order chi connectivity index (χ1) is 10.6. The van der Waals surface area contributed by atoms with Gasteiger partial charge in [-0.05, 0) is 12.5 Å². The Hall–Kier alpha value is -1.86. The second-order valence-corrected chi connectivity index (χ2v) is 6.43. The Kier molecular flexibility index (Phi) is 4.17. The SMILES string of the molecule is CCC(C(=O)O)N1CCN(C(=O)c2cc3occc3s2)CC1. The third-order valence-corrected chi connectivity index (χ3v) is 5.13. The summed E-state index contributed by atoms with van der Waals surface area (Å²) in [5, 5.41) is 9.20. The van der Waals surface area contributed by atoms with E-state index in [-0.39, 0.29) is 5.91 Å². The number of nitrogens with zero attached hydrogens (tertiary/aromatic N) is 2. The topological polar surface area (TPSA) is 74.0 Å². The number of carboxylic acid groups (broad SMARTS) is 1. The molecule has 3 heterocycles. The van der Waals surface area contributed by atoms with Gasteiger partial charge in [-0.25, -0.2) is 0 Å². The van der Waals surface area contributed by atoms with Crippen molar-refractivity contribution in [3.05, 3.63) is 23.3 Å². The summed E-state index contributed by atoms with van der Waals surface area (Å²) in [6, 6.07) is 3.18. The molecule has 1 N–H and O–H groups in total. The molecule has 1 unspecified atom stereocenters. The summed E-state index contributed by atoms with van der Waals surface area (Å²) in [7, 11) is 0. The summed E-state index contributed by atoms with van der Waals surface area (Å²) in [4.78, 5) is 28.1. The molecule has 0 saturated carbocycles. The van der Waals surface area contributed by atoms with E-state index < -0.39 is 12.0 Å². The molecule has 7 heteroatoms. The Bertz CT molecular complexity index is 656. The highest BCUT2D eigenvalue weighted by molar-refractivity contribution is 7.20. The fourth-order valence-electron chi connectivity index (χ4n) is 2.85. The van der Waals surface area contributed by atoms with Crippen LogP contribution in [0.1, 0.15) is 23.0 Å². The van der Waals surface area contributed by atoms with Gasteiger partial charge >= 0.3 is 5.97 Å². The maximum atomic E-state index is 12.5. The van der Waals surface area contributed by atoms with Crippen molar-refractivity contribution >= 4 is 33.5 Å². The lowest BCUT2D eigenvalue weighted by atomic mass is 10.1. The highest BCUT2D eigenvalue weighted by Gasteiger charge is 2.29. The molecule has 0 aromatic carbocycles. The van der Waals surface area contributed by atoms with Gasteiger partial charge < -0.3 is 14.4 Å². The number of amides is 1. The van der Waals surface area contributed by atoms with Gasteiger partial charge in [0.15, 0.2) is 0 Å². The number of hydrogen-bond donors (Lipinski definition) is 1. The number of fused-ring (bicyclic) bond motifs is 1. The number of carboxylic acids is 1. The average molecular weight is 322 g/mol. The molecule has 1 amide bonds. The highest BCUT2D eigenvalue weighted by Crippen LogP contribution is 2.27. The molecule has 1 aliphatic rings. The quantitative estimate of drug-likeness (QED) is 0.933. The van der Waals surface area contributed by atoms with Crippen molar-refractivity contribution in [2.24, 2.45) is 0 Å². The number of furan rings is 1. The van der Waals surface area contributed by atoms with Crippen LogP contribution in [-0.4, -0.2) is 59.0 Å². The van der Waals surface area contributed by atoms with Crippen molar-refractivity contribution in [2.45, 2.75) is 19.4 Å². The predicted molar refractivity (Wildman–Crippen MR) is 83.3 cm³/mol. The van der Waals surface area contributed by atoms with E-state index in [1.165, 1.54) is 11.3 Å². The molecule has 2 aromatic heterocycles.